The molecule has 0 unspecified atom stereocenters. The summed E-state index contributed by atoms with van der Waals surface area (Å²) in [5.41, 5.74) is 2.82. The summed E-state index contributed by atoms with van der Waals surface area (Å²) in [6.45, 7) is 10.7. The lowest BCUT2D eigenvalue weighted by atomic mass is 9.82. The first-order valence-corrected chi connectivity index (χ1v) is 13.8. The summed E-state index contributed by atoms with van der Waals surface area (Å²) in [7, 11) is 0. The lowest BCUT2D eigenvalue weighted by molar-refractivity contribution is -0.946. The Labute approximate surface area is 227 Å². The number of nitrogens with zero attached hydrogens (tertiary/aromatic N) is 3. The van der Waals surface area contributed by atoms with E-state index in [-0.39, 0.29) is 29.1 Å². The van der Waals surface area contributed by atoms with Crippen molar-refractivity contribution in [2.45, 2.75) is 70.4 Å². The van der Waals surface area contributed by atoms with E-state index in [0.717, 1.165) is 54.6 Å². The molecule has 36 heavy (non-hydrogen) atoms. The van der Waals surface area contributed by atoms with Gasteiger partial charge in [0.25, 0.3) is 0 Å². The minimum Gasteiger partial charge on any atom is -1.00 e. The summed E-state index contributed by atoms with van der Waals surface area (Å²) in [5.74, 6) is 0.470. The van der Waals surface area contributed by atoms with Crippen molar-refractivity contribution in [3.8, 4) is 0 Å². The van der Waals surface area contributed by atoms with Gasteiger partial charge in [0.15, 0.2) is 6.10 Å². The average molecular weight is 557 g/mol. The number of carbonyl (C=O) groups excluding carboxylic acids is 1. The number of esters is 1. The van der Waals surface area contributed by atoms with Crippen molar-refractivity contribution in [1.29, 1.82) is 0 Å². The minimum absolute atomic E-state index is 0. The average Bonchev–Trinajstić information content (AvgIpc) is 2.90. The van der Waals surface area contributed by atoms with Gasteiger partial charge in [0.2, 0.25) is 0 Å². The maximum Gasteiger partial charge on any atom is 0.331 e. The summed E-state index contributed by atoms with van der Waals surface area (Å²) in [6.07, 6.45) is 10.1. The number of aromatic nitrogens is 1. The van der Waals surface area contributed by atoms with E-state index in [1.54, 1.807) is 0 Å². The fourth-order valence-electron chi connectivity index (χ4n) is 6.83. The van der Waals surface area contributed by atoms with Gasteiger partial charge in [0, 0.05) is 37.1 Å². The Kier molecular flexibility index (Phi) is 8.90. The van der Waals surface area contributed by atoms with Crippen LogP contribution in [0.5, 0.6) is 0 Å². The third-order valence-electron chi connectivity index (χ3n) is 9.08. The monoisotopic (exact) mass is 555 g/mol. The first kappa shape index (κ1) is 27.3. The van der Waals surface area contributed by atoms with Gasteiger partial charge in [-0.05, 0) is 69.5 Å². The molecule has 5 heterocycles. The van der Waals surface area contributed by atoms with Gasteiger partial charge in [-0.25, -0.2) is 4.79 Å². The molecule has 4 aliphatic rings. The van der Waals surface area contributed by atoms with Crippen LogP contribution in [0.25, 0.3) is 0 Å². The van der Waals surface area contributed by atoms with E-state index in [9.17, 15) is 4.79 Å². The van der Waals surface area contributed by atoms with Crippen LogP contribution in [0.3, 0.4) is 0 Å². The number of rotatable bonds is 8. The summed E-state index contributed by atoms with van der Waals surface area (Å²) < 4.78 is 7.61. The summed E-state index contributed by atoms with van der Waals surface area (Å²) >= 11 is 0. The molecule has 2 aromatic rings. The van der Waals surface area contributed by atoms with Crippen LogP contribution in [0.1, 0.15) is 62.3 Å². The normalized spacial score (nSPS) is 27.6. The van der Waals surface area contributed by atoms with Crippen LogP contribution in [0.2, 0.25) is 0 Å². The number of benzene rings is 1. The maximum atomic E-state index is 14.0. The molecule has 2 bridgehead atoms. The summed E-state index contributed by atoms with van der Waals surface area (Å²) in [4.78, 5) is 20.7. The Balaban J connectivity index is 0.00000304. The van der Waals surface area contributed by atoms with Crippen LogP contribution in [0.15, 0.2) is 48.7 Å². The lowest BCUT2D eigenvalue weighted by Crippen LogP contribution is -3.00. The molecule has 0 radical (unpaired) electrons. The third-order valence-corrected chi connectivity index (χ3v) is 9.08. The molecule has 0 aliphatic carbocycles. The molecular formula is C30H42BrN3O2. The van der Waals surface area contributed by atoms with E-state index >= 15 is 0 Å². The number of halogens is 1. The van der Waals surface area contributed by atoms with Gasteiger partial charge in [-0.1, -0.05) is 36.8 Å². The molecule has 0 saturated carbocycles. The highest BCUT2D eigenvalue weighted by molar-refractivity contribution is 5.82. The van der Waals surface area contributed by atoms with E-state index in [0.29, 0.717) is 5.92 Å². The Bertz CT molecular complexity index is 1000. The standard InChI is InChI=1S/C30H42N3O2.BrH/c1-24-22-25(13-16-31-24)10-9-19-33-20-14-26(15-21-33)28(23-33)35-29(34)30(2,27-11-5-3-6-12-27)32-17-7-4-8-18-32;/h3,5-6,11-13,16,22,26,28H,4,7-10,14-15,17-21,23H2,1-2H3;1H/q+1;/p-1/t26?,28-,30-,33?;/m0./s1. The van der Waals surface area contributed by atoms with E-state index in [1.807, 2.05) is 24.4 Å². The zero-order chi connectivity index (χ0) is 24.3. The molecular weight excluding hydrogens is 514 g/mol. The van der Waals surface area contributed by atoms with Gasteiger partial charge >= 0.3 is 5.97 Å². The van der Waals surface area contributed by atoms with Crippen molar-refractivity contribution in [2.75, 3.05) is 39.3 Å². The molecule has 4 aliphatic heterocycles. The number of carbonyl (C=O) groups is 1. The summed E-state index contributed by atoms with van der Waals surface area (Å²) in [5, 5.41) is 0. The smallest absolute Gasteiger partial charge is 0.331 e. The van der Waals surface area contributed by atoms with Crippen LogP contribution in [-0.2, 0) is 21.5 Å². The topological polar surface area (TPSA) is 42.4 Å². The molecule has 0 N–H and O–H groups in total. The Hall–Kier alpha value is -1.76. The van der Waals surface area contributed by atoms with Gasteiger partial charge in [-0.15, -0.1) is 0 Å². The molecule has 5 nitrogen and oxygen atoms in total. The lowest BCUT2D eigenvalue weighted by Gasteiger charge is -2.53. The number of ether oxygens (including phenoxy) is 1. The second-order valence-electron chi connectivity index (χ2n) is 11.4. The number of aryl methyl sites for hydroxylation is 2. The Morgan fingerprint density at radius 3 is 2.53 bits per heavy atom. The van der Waals surface area contributed by atoms with Crippen LogP contribution < -0.4 is 17.0 Å². The summed E-state index contributed by atoms with van der Waals surface area (Å²) in [6, 6.07) is 14.7. The molecule has 0 spiro atoms. The van der Waals surface area contributed by atoms with Gasteiger partial charge in [-0.3, -0.25) is 9.88 Å². The van der Waals surface area contributed by atoms with Crippen LogP contribution >= 0.6 is 0 Å². The number of hydrogen-bond donors (Lipinski definition) is 0. The second-order valence-corrected chi connectivity index (χ2v) is 11.4. The highest BCUT2D eigenvalue weighted by atomic mass is 79.9. The van der Waals surface area contributed by atoms with E-state index in [1.165, 1.54) is 50.9 Å². The highest BCUT2D eigenvalue weighted by Gasteiger charge is 2.50. The van der Waals surface area contributed by atoms with Crippen molar-refractivity contribution < 1.29 is 31.0 Å². The fourth-order valence-corrected chi connectivity index (χ4v) is 6.83. The van der Waals surface area contributed by atoms with Gasteiger partial charge in [-0.2, -0.15) is 0 Å². The quantitative estimate of drug-likeness (QED) is 0.368. The van der Waals surface area contributed by atoms with E-state index in [2.05, 4.69) is 48.0 Å². The molecule has 6 rings (SSSR count). The number of fused-ring (bicyclic) bond motifs is 3. The number of hydrogen-bond acceptors (Lipinski definition) is 4. The zero-order valence-electron chi connectivity index (χ0n) is 22.0. The van der Waals surface area contributed by atoms with Crippen molar-refractivity contribution in [1.82, 2.24) is 9.88 Å². The predicted octanol–water partition coefficient (Wildman–Crippen LogP) is 1.88. The first-order valence-electron chi connectivity index (χ1n) is 13.8. The predicted molar refractivity (Wildman–Crippen MR) is 139 cm³/mol. The largest absolute Gasteiger partial charge is 1.00 e. The highest BCUT2D eigenvalue weighted by Crippen LogP contribution is 2.39. The van der Waals surface area contributed by atoms with Crippen LogP contribution in [0, 0.1) is 12.8 Å². The van der Waals surface area contributed by atoms with Gasteiger partial charge in [0.1, 0.15) is 12.1 Å². The molecule has 0 amide bonds. The molecule has 196 valence electrons. The Morgan fingerprint density at radius 1 is 1.11 bits per heavy atom. The second kappa shape index (κ2) is 11.7. The number of pyridine rings is 1. The molecule has 1 aromatic heterocycles. The van der Waals surface area contributed by atoms with Crippen molar-refractivity contribution in [3.05, 3.63) is 65.5 Å². The Morgan fingerprint density at radius 2 is 1.83 bits per heavy atom. The number of likely N-dealkylation sites (tertiary alicyclic amines) is 1. The van der Waals surface area contributed by atoms with Crippen molar-refractivity contribution in [3.63, 3.8) is 0 Å². The van der Waals surface area contributed by atoms with E-state index < -0.39 is 5.54 Å². The van der Waals surface area contributed by atoms with Crippen LogP contribution in [0.4, 0.5) is 0 Å². The number of piperidine rings is 4. The fraction of sp³-hybridized carbons (Fsp3) is 0.600. The third kappa shape index (κ3) is 5.71. The molecule has 2 atom stereocenters. The zero-order valence-corrected chi connectivity index (χ0v) is 23.6. The van der Waals surface area contributed by atoms with Crippen molar-refractivity contribution in [2.24, 2.45) is 5.92 Å². The van der Waals surface area contributed by atoms with Crippen LogP contribution in [-0.4, -0.2) is 65.7 Å². The maximum absolute atomic E-state index is 14.0. The SMILES string of the molecule is Cc1cc(CCC[N+]23CCC(CC2)[C@@H](OC(=O)[C@](C)(c2ccccc2)N2CCCCC2)C3)ccn1.[Br-]. The molecule has 6 heteroatoms. The molecule has 4 fully saturated rings. The molecule has 4 saturated heterocycles. The van der Waals surface area contributed by atoms with Gasteiger partial charge < -0.3 is 26.2 Å². The molecule has 1 aromatic carbocycles. The van der Waals surface area contributed by atoms with Crippen molar-refractivity contribution >= 4 is 5.97 Å². The van der Waals surface area contributed by atoms with E-state index in [4.69, 9.17) is 4.74 Å². The minimum atomic E-state index is -0.711. The number of quaternary nitrogens is 1. The van der Waals surface area contributed by atoms with Gasteiger partial charge in [0.05, 0.1) is 19.6 Å². The first-order chi connectivity index (χ1) is 17.0.